The van der Waals surface area contributed by atoms with Gasteiger partial charge in [0.15, 0.2) is 0 Å². The van der Waals surface area contributed by atoms with Crippen molar-refractivity contribution < 1.29 is 23.8 Å². The Morgan fingerprint density at radius 3 is 2.72 bits per heavy atom. The molecule has 4 heterocycles. The third-order valence-electron chi connectivity index (χ3n) is 6.87. The number of hydrogen-bond acceptors (Lipinski definition) is 9. The summed E-state index contributed by atoms with van der Waals surface area (Å²) in [6.07, 6.45) is 0.0177. The van der Waals surface area contributed by atoms with Gasteiger partial charge in [-0.05, 0) is 57.9 Å². The van der Waals surface area contributed by atoms with Gasteiger partial charge in [0.2, 0.25) is 0 Å². The quantitative estimate of drug-likeness (QED) is 0.437. The van der Waals surface area contributed by atoms with Gasteiger partial charge in [-0.25, -0.2) is 9.78 Å². The van der Waals surface area contributed by atoms with Crippen molar-refractivity contribution in [2.75, 3.05) is 37.4 Å². The number of anilines is 2. The number of ether oxygens (including phenoxy) is 3. The molecule has 39 heavy (non-hydrogen) atoms. The first kappa shape index (κ1) is 27.0. The maximum atomic E-state index is 13.0. The van der Waals surface area contributed by atoms with Crippen molar-refractivity contribution in [1.29, 1.82) is 0 Å². The Bertz CT molecular complexity index is 1400. The zero-order chi connectivity index (χ0) is 27.9. The second-order valence-electron chi connectivity index (χ2n) is 11.1. The topological polar surface area (TPSA) is 128 Å². The van der Waals surface area contributed by atoms with E-state index in [0.29, 0.717) is 36.7 Å². The molecule has 2 aromatic heterocycles. The third-order valence-corrected chi connectivity index (χ3v) is 7.98. The van der Waals surface area contributed by atoms with E-state index in [0.717, 1.165) is 32.9 Å². The van der Waals surface area contributed by atoms with Crippen molar-refractivity contribution in [2.45, 2.75) is 57.9 Å². The zero-order valence-corrected chi connectivity index (χ0v) is 23.7. The molecule has 1 saturated heterocycles. The molecule has 11 heteroatoms. The lowest BCUT2D eigenvalue weighted by Gasteiger charge is -2.28. The van der Waals surface area contributed by atoms with Crippen molar-refractivity contribution in [2.24, 2.45) is 0 Å². The minimum atomic E-state index is -0.571. The molecule has 0 saturated carbocycles. The molecule has 208 valence electrons. The molecule has 2 amide bonds. The van der Waals surface area contributed by atoms with E-state index in [9.17, 15) is 9.59 Å². The Balaban J connectivity index is 1.22. The summed E-state index contributed by atoms with van der Waals surface area (Å²) in [6.45, 7) is 8.98. The van der Waals surface area contributed by atoms with Crippen LogP contribution in [0.25, 0.3) is 10.2 Å². The van der Waals surface area contributed by atoms with E-state index in [1.807, 2.05) is 58.0 Å². The molecular weight excluding hydrogens is 518 g/mol. The number of nitrogens with one attached hydrogen (secondary N) is 2. The third kappa shape index (κ3) is 5.89. The smallest absolute Gasteiger partial charge is 0.408 e. The minimum Gasteiger partial charge on any atom is -0.491 e. The summed E-state index contributed by atoms with van der Waals surface area (Å²) in [4.78, 5) is 33.3. The number of aryl methyl sites for hydroxylation is 1. The second kappa shape index (κ2) is 10.5. The predicted octanol–water partition coefficient (Wildman–Crippen LogP) is 3.65. The molecule has 0 aliphatic carbocycles. The number of carbonyl (C=O) groups is 2. The standard InChI is InChI=1S/C28H35N5O5S/c1-15-6-9-19-23(29)24(39-26(19)30-15)25(34)31-17-10-16-7-8-18(11-21(16)37-14-17)33-12-20(22(13-33)36-5)32-27(35)38-28(2,3)4/h6-9,11,17,20,22H,10,12-14,29H2,1-5H3,(H,31,34)(H,32,35)/t17-,20?,22?/m1/s1. The van der Waals surface area contributed by atoms with Crippen LogP contribution in [0, 0.1) is 6.92 Å². The number of fused-ring (bicyclic) bond motifs is 2. The van der Waals surface area contributed by atoms with Crippen LogP contribution in [0.4, 0.5) is 16.2 Å². The Morgan fingerprint density at radius 1 is 1.18 bits per heavy atom. The number of alkyl carbamates (subject to hydrolysis) is 1. The molecule has 10 nitrogen and oxygen atoms in total. The molecule has 1 fully saturated rings. The number of nitrogens with two attached hydrogens (primary N) is 1. The highest BCUT2D eigenvalue weighted by molar-refractivity contribution is 7.21. The van der Waals surface area contributed by atoms with Gasteiger partial charge in [-0.15, -0.1) is 11.3 Å². The summed E-state index contributed by atoms with van der Waals surface area (Å²) < 4.78 is 17.1. The van der Waals surface area contributed by atoms with E-state index in [-0.39, 0.29) is 24.1 Å². The first-order valence-electron chi connectivity index (χ1n) is 13.0. The molecular formula is C28H35N5O5S. The Hall–Kier alpha value is -3.57. The lowest BCUT2D eigenvalue weighted by Crippen LogP contribution is -2.45. The van der Waals surface area contributed by atoms with Crippen LogP contribution in [-0.4, -0.2) is 67.6 Å². The number of carbonyl (C=O) groups excluding carboxylic acids is 2. The first-order valence-corrected chi connectivity index (χ1v) is 13.8. The van der Waals surface area contributed by atoms with Crippen LogP contribution >= 0.6 is 11.3 Å². The van der Waals surface area contributed by atoms with Crippen LogP contribution in [0.15, 0.2) is 30.3 Å². The number of benzene rings is 1. The van der Waals surface area contributed by atoms with Crippen molar-refractivity contribution in [3.63, 3.8) is 0 Å². The maximum Gasteiger partial charge on any atom is 0.408 e. The Morgan fingerprint density at radius 2 is 1.97 bits per heavy atom. The lowest BCUT2D eigenvalue weighted by atomic mass is 10.0. The maximum absolute atomic E-state index is 13.0. The first-order chi connectivity index (χ1) is 18.5. The van der Waals surface area contributed by atoms with Crippen LogP contribution in [0.5, 0.6) is 5.75 Å². The molecule has 4 N–H and O–H groups in total. The van der Waals surface area contributed by atoms with E-state index in [1.165, 1.54) is 11.3 Å². The number of aromatic nitrogens is 1. The molecule has 1 aromatic carbocycles. The molecule has 5 rings (SSSR count). The zero-order valence-electron chi connectivity index (χ0n) is 22.9. The van der Waals surface area contributed by atoms with E-state index in [2.05, 4.69) is 20.5 Å². The summed E-state index contributed by atoms with van der Waals surface area (Å²) in [7, 11) is 1.65. The number of pyridine rings is 1. The van der Waals surface area contributed by atoms with Crippen LogP contribution in [0.1, 0.15) is 41.7 Å². The molecule has 0 radical (unpaired) electrons. The molecule has 3 atom stereocenters. The van der Waals surface area contributed by atoms with E-state index >= 15 is 0 Å². The van der Waals surface area contributed by atoms with E-state index < -0.39 is 11.7 Å². The van der Waals surface area contributed by atoms with Crippen LogP contribution in [0.2, 0.25) is 0 Å². The Kier molecular flexibility index (Phi) is 7.30. The number of rotatable bonds is 5. The van der Waals surface area contributed by atoms with Crippen molar-refractivity contribution in [3.05, 3.63) is 46.5 Å². The fourth-order valence-electron chi connectivity index (χ4n) is 4.98. The van der Waals surface area contributed by atoms with Gasteiger partial charge in [-0.2, -0.15) is 0 Å². The number of nitrogens with zero attached hydrogens (tertiary/aromatic N) is 2. The number of methoxy groups -OCH3 is 1. The van der Waals surface area contributed by atoms with Gasteiger partial charge in [-0.1, -0.05) is 6.07 Å². The number of hydrogen-bond donors (Lipinski definition) is 3. The molecule has 0 spiro atoms. The highest BCUT2D eigenvalue weighted by Gasteiger charge is 2.36. The largest absolute Gasteiger partial charge is 0.491 e. The van der Waals surface area contributed by atoms with Gasteiger partial charge < -0.3 is 35.5 Å². The van der Waals surface area contributed by atoms with Gasteiger partial charge in [0.1, 0.15) is 27.7 Å². The predicted molar refractivity (Wildman–Crippen MR) is 152 cm³/mol. The number of thiophene rings is 1. The van der Waals surface area contributed by atoms with Gasteiger partial charge in [0.25, 0.3) is 5.91 Å². The second-order valence-corrected chi connectivity index (χ2v) is 12.1. The summed E-state index contributed by atoms with van der Waals surface area (Å²) in [5, 5.41) is 6.82. The summed E-state index contributed by atoms with van der Waals surface area (Å²) in [5.41, 5.74) is 9.03. The summed E-state index contributed by atoms with van der Waals surface area (Å²) in [6, 6.07) is 9.48. The van der Waals surface area contributed by atoms with Gasteiger partial charge >= 0.3 is 6.09 Å². The van der Waals surface area contributed by atoms with E-state index in [4.69, 9.17) is 19.9 Å². The molecule has 2 aliphatic heterocycles. The number of amides is 2. The molecule has 0 bridgehead atoms. The summed E-state index contributed by atoms with van der Waals surface area (Å²) >= 11 is 1.31. The normalized spacial score (nSPS) is 20.8. The van der Waals surface area contributed by atoms with Crippen molar-refractivity contribution in [3.8, 4) is 5.75 Å². The van der Waals surface area contributed by atoms with Crippen molar-refractivity contribution in [1.82, 2.24) is 15.6 Å². The minimum absolute atomic E-state index is 0.172. The fraction of sp³-hybridized carbons (Fsp3) is 0.464. The highest BCUT2D eigenvalue weighted by Crippen LogP contribution is 2.34. The van der Waals surface area contributed by atoms with Gasteiger partial charge in [0, 0.05) is 43.0 Å². The monoisotopic (exact) mass is 553 g/mol. The van der Waals surface area contributed by atoms with Gasteiger partial charge in [0.05, 0.1) is 23.9 Å². The fourth-order valence-corrected chi connectivity index (χ4v) is 6.02. The average molecular weight is 554 g/mol. The summed E-state index contributed by atoms with van der Waals surface area (Å²) in [5.74, 6) is 0.574. The lowest BCUT2D eigenvalue weighted by molar-refractivity contribution is 0.0417. The number of nitrogen functional groups attached to an aromatic ring is 1. The van der Waals surface area contributed by atoms with Crippen molar-refractivity contribution >= 4 is 44.9 Å². The van der Waals surface area contributed by atoms with Gasteiger partial charge in [-0.3, -0.25) is 4.79 Å². The average Bonchev–Trinajstić information content (AvgIpc) is 3.42. The van der Waals surface area contributed by atoms with Crippen LogP contribution in [-0.2, 0) is 15.9 Å². The molecule has 2 unspecified atom stereocenters. The SMILES string of the molecule is COC1CN(c2ccc3c(c2)OC[C@H](NC(=O)c2sc4nc(C)ccc4c2N)C3)CC1NC(=O)OC(C)(C)C. The Labute approximate surface area is 231 Å². The molecule has 3 aromatic rings. The van der Waals surface area contributed by atoms with E-state index in [1.54, 1.807) is 7.11 Å². The van der Waals surface area contributed by atoms with Crippen LogP contribution < -0.4 is 26.0 Å². The highest BCUT2D eigenvalue weighted by atomic mass is 32.1. The van der Waals surface area contributed by atoms with Crippen LogP contribution in [0.3, 0.4) is 0 Å². The molecule has 2 aliphatic rings.